The Kier molecular flexibility index (Phi) is 8.55. The van der Waals surface area contributed by atoms with Crippen molar-refractivity contribution in [3.8, 4) is 0 Å². The molecule has 0 aliphatic carbocycles. The van der Waals surface area contributed by atoms with Gasteiger partial charge in [-0.15, -0.1) is 12.4 Å². The van der Waals surface area contributed by atoms with E-state index in [4.69, 9.17) is 0 Å². The van der Waals surface area contributed by atoms with Gasteiger partial charge in [0.25, 0.3) is 0 Å². The Bertz CT molecular complexity index is 706. The quantitative estimate of drug-likeness (QED) is 0.727. The second-order valence-electron chi connectivity index (χ2n) is 6.86. The lowest BCUT2D eigenvalue weighted by Crippen LogP contribution is -2.49. The van der Waals surface area contributed by atoms with E-state index in [1.807, 2.05) is 0 Å². The largest absolute Gasteiger partial charge is 0.416 e. The van der Waals surface area contributed by atoms with Crippen LogP contribution in [-0.2, 0) is 16.2 Å². The molecule has 10 heteroatoms. The van der Waals surface area contributed by atoms with Crippen LogP contribution < -0.4 is 4.72 Å². The molecule has 3 atom stereocenters. The van der Waals surface area contributed by atoms with Crippen molar-refractivity contribution in [2.24, 2.45) is 0 Å². The highest BCUT2D eigenvalue weighted by Gasteiger charge is 2.32. The van der Waals surface area contributed by atoms with Crippen LogP contribution in [0, 0.1) is 0 Å². The second kappa shape index (κ2) is 9.56. The molecule has 0 aromatic heterocycles. The number of aliphatic hydroxyl groups is 1. The number of sulfonamides is 1. The summed E-state index contributed by atoms with van der Waals surface area (Å²) in [6.45, 7) is 4.19. The summed E-state index contributed by atoms with van der Waals surface area (Å²) in [7, 11) is -4.13. The van der Waals surface area contributed by atoms with Crippen molar-refractivity contribution in [2.45, 2.75) is 62.4 Å². The molecule has 2 N–H and O–H groups in total. The van der Waals surface area contributed by atoms with E-state index in [0.29, 0.717) is 24.7 Å². The molecule has 1 aromatic carbocycles. The van der Waals surface area contributed by atoms with Gasteiger partial charge < -0.3 is 5.11 Å². The third-order valence-corrected chi connectivity index (χ3v) is 6.20. The van der Waals surface area contributed by atoms with Crippen LogP contribution in [0.1, 0.15) is 38.7 Å². The smallest absolute Gasteiger partial charge is 0.390 e. The Labute approximate surface area is 164 Å². The first-order valence-electron chi connectivity index (χ1n) is 8.61. The van der Waals surface area contributed by atoms with Crippen molar-refractivity contribution >= 4 is 22.4 Å². The molecule has 1 heterocycles. The SMILES string of the molecule is CC1CCCC(C)N1C[C@@H](O)CNS(=O)(=O)c1cccc(C(F)(F)F)c1.Cl. The van der Waals surface area contributed by atoms with Crippen LogP contribution in [0.5, 0.6) is 0 Å². The first kappa shape index (κ1) is 24.2. The van der Waals surface area contributed by atoms with Gasteiger partial charge in [0.1, 0.15) is 0 Å². The van der Waals surface area contributed by atoms with Crippen molar-refractivity contribution < 1.29 is 26.7 Å². The maximum Gasteiger partial charge on any atom is 0.416 e. The molecule has 1 fully saturated rings. The standard InChI is InChI=1S/C17H25F3N2O3S.ClH/c1-12-5-3-6-13(2)22(12)11-15(23)10-21-26(24,25)16-8-4-7-14(9-16)17(18,19)20;/h4,7-9,12-13,15,21,23H,3,5-6,10-11H2,1-2H3;1H/t12?,13?,15-;/m0./s1. The molecule has 0 amide bonds. The predicted molar refractivity (Wildman–Crippen MR) is 99.4 cm³/mol. The zero-order valence-electron chi connectivity index (χ0n) is 15.2. The molecule has 1 aliphatic rings. The van der Waals surface area contributed by atoms with Crippen LogP contribution in [0.2, 0.25) is 0 Å². The molecule has 0 radical (unpaired) electrons. The number of halogens is 4. The van der Waals surface area contributed by atoms with Crippen LogP contribution in [-0.4, -0.2) is 49.7 Å². The fraction of sp³-hybridized carbons (Fsp3) is 0.647. The molecule has 5 nitrogen and oxygen atoms in total. The van der Waals surface area contributed by atoms with Gasteiger partial charge in [-0.05, 0) is 44.9 Å². The molecule has 27 heavy (non-hydrogen) atoms. The number of nitrogens with zero attached hydrogens (tertiary/aromatic N) is 1. The molecule has 156 valence electrons. The molecule has 0 spiro atoms. The summed E-state index contributed by atoms with van der Waals surface area (Å²) >= 11 is 0. The Morgan fingerprint density at radius 2 is 1.85 bits per heavy atom. The average Bonchev–Trinajstić information content (AvgIpc) is 2.56. The first-order chi connectivity index (χ1) is 12.0. The molecule has 1 aliphatic heterocycles. The molecule has 2 unspecified atom stereocenters. The van der Waals surface area contributed by atoms with Gasteiger partial charge in [0, 0.05) is 25.2 Å². The van der Waals surface area contributed by atoms with Crippen LogP contribution in [0.15, 0.2) is 29.2 Å². The minimum absolute atomic E-state index is 0. The number of likely N-dealkylation sites (tertiary alicyclic amines) is 1. The predicted octanol–water partition coefficient (Wildman–Crippen LogP) is 3.03. The number of aliphatic hydroxyl groups excluding tert-OH is 1. The highest BCUT2D eigenvalue weighted by molar-refractivity contribution is 7.89. The topological polar surface area (TPSA) is 69.6 Å². The van der Waals surface area contributed by atoms with Crippen molar-refractivity contribution in [3.05, 3.63) is 29.8 Å². The summed E-state index contributed by atoms with van der Waals surface area (Å²) in [5, 5.41) is 10.2. The van der Waals surface area contributed by atoms with Gasteiger partial charge >= 0.3 is 6.18 Å². The molecule has 1 aromatic rings. The van der Waals surface area contributed by atoms with Gasteiger partial charge in [0.2, 0.25) is 10.0 Å². The lowest BCUT2D eigenvalue weighted by Gasteiger charge is -2.40. The highest BCUT2D eigenvalue weighted by Crippen LogP contribution is 2.30. The van der Waals surface area contributed by atoms with Gasteiger partial charge in [0.05, 0.1) is 16.6 Å². The van der Waals surface area contributed by atoms with Gasteiger partial charge in [0.15, 0.2) is 0 Å². The molecular weight excluding hydrogens is 405 g/mol. The van der Waals surface area contributed by atoms with E-state index in [9.17, 15) is 26.7 Å². The van der Waals surface area contributed by atoms with E-state index in [1.54, 1.807) is 0 Å². The van der Waals surface area contributed by atoms with Crippen molar-refractivity contribution in [1.29, 1.82) is 0 Å². The summed E-state index contributed by atoms with van der Waals surface area (Å²) in [6.07, 6.45) is -2.40. The zero-order valence-corrected chi connectivity index (χ0v) is 16.9. The third-order valence-electron chi connectivity index (χ3n) is 4.78. The number of piperidine rings is 1. The van der Waals surface area contributed by atoms with Gasteiger partial charge in [-0.3, -0.25) is 4.90 Å². The zero-order chi connectivity index (χ0) is 19.5. The highest BCUT2D eigenvalue weighted by atomic mass is 35.5. The molecular formula is C17H26ClF3N2O3S. The Morgan fingerprint density at radius 3 is 2.41 bits per heavy atom. The Hall–Kier alpha value is -0.870. The fourth-order valence-corrected chi connectivity index (χ4v) is 4.39. The number of hydrogen-bond donors (Lipinski definition) is 2. The Morgan fingerprint density at radius 1 is 1.26 bits per heavy atom. The van der Waals surface area contributed by atoms with Crippen LogP contribution in [0.4, 0.5) is 13.2 Å². The number of rotatable bonds is 6. The van der Waals surface area contributed by atoms with Crippen LogP contribution in [0.25, 0.3) is 0 Å². The number of alkyl halides is 3. The molecule has 1 saturated heterocycles. The minimum atomic E-state index is -4.62. The average molecular weight is 431 g/mol. The number of β-amino-alcohol motifs (C(OH)–C–C–N with tert-alkyl or cyclic N) is 1. The molecule has 0 bridgehead atoms. The third kappa shape index (κ3) is 6.60. The van der Waals surface area contributed by atoms with Gasteiger partial charge in [-0.1, -0.05) is 12.5 Å². The van der Waals surface area contributed by atoms with Crippen molar-refractivity contribution in [1.82, 2.24) is 9.62 Å². The maximum atomic E-state index is 12.7. The van der Waals surface area contributed by atoms with E-state index in [1.165, 1.54) is 0 Å². The number of benzene rings is 1. The van der Waals surface area contributed by atoms with E-state index in [2.05, 4.69) is 23.5 Å². The number of nitrogens with one attached hydrogen (secondary N) is 1. The normalized spacial score (nSPS) is 22.9. The second-order valence-corrected chi connectivity index (χ2v) is 8.62. The van der Waals surface area contributed by atoms with Crippen LogP contribution in [0.3, 0.4) is 0 Å². The van der Waals surface area contributed by atoms with E-state index >= 15 is 0 Å². The first-order valence-corrected chi connectivity index (χ1v) is 10.1. The molecule has 0 saturated carbocycles. The summed E-state index contributed by atoms with van der Waals surface area (Å²) in [6, 6.07) is 4.14. The molecule has 2 rings (SSSR count). The van der Waals surface area contributed by atoms with Crippen molar-refractivity contribution in [3.63, 3.8) is 0 Å². The lowest BCUT2D eigenvalue weighted by molar-refractivity contribution is -0.137. The number of hydrogen-bond acceptors (Lipinski definition) is 4. The maximum absolute atomic E-state index is 12.7. The summed E-state index contributed by atoms with van der Waals surface area (Å²) in [4.78, 5) is 1.66. The van der Waals surface area contributed by atoms with E-state index < -0.39 is 32.8 Å². The van der Waals surface area contributed by atoms with Crippen molar-refractivity contribution in [2.75, 3.05) is 13.1 Å². The summed E-state index contributed by atoms with van der Waals surface area (Å²) in [5.41, 5.74) is -1.03. The lowest BCUT2D eigenvalue weighted by atomic mass is 9.97. The fourth-order valence-electron chi connectivity index (χ4n) is 3.27. The van der Waals surface area contributed by atoms with E-state index in [-0.39, 0.29) is 19.0 Å². The van der Waals surface area contributed by atoms with Gasteiger partial charge in [-0.25, -0.2) is 13.1 Å². The van der Waals surface area contributed by atoms with Gasteiger partial charge in [-0.2, -0.15) is 13.2 Å². The summed E-state index contributed by atoms with van der Waals surface area (Å²) in [5.74, 6) is 0. The van der Waals surface area contributed by atoms with E-state index in [0.717, 1.165) is 37.5 Å². The Balaban J connectivity index is 0.00000364. The summed E-state index contributed by atoms with van der Waals surface area (Å²) < 4.78 is 64.9. The minimum Gasteiger partial charge on any atom is -0.390 e. The monoisotopic (exact) mass is 430 g/mol. The van der Waals surface area contributed by atoms with Crippen LogP contribution >= 0.6 is 12.4 Å².